The van der Waals surface area contributed by atoms with Crippen molar-refractivity contribution in [2.75, 3.05) is 0 Å². The molecule has 0 aliphatic rings. The van der Waals surface area contributed by atoms with Crippen molar-refractivity contribution in [1.29, 1.82) is 0 Å². The largest absolute Gasteiger partial charge is 0.508 e. The van der Waals surface area contributed by atoms with E-state index in [2.05, 4.69) is 22.7 Å². The maximum atomic E-state index is 11.8. The van der Waals surface area contributed by atoms with Crippen molar-refractivity contribution in [3.05, 3.63) is 65.7 Å². The number of phenolic OH excluding ortho intramolecular Hbond substituents is 1. The van der Waals surface area contributed by atoms with Gasteiger partial charge in [0.25, 0.3) is 5.91 Å². The number of hydrazone groups is 1. The molecule has 0 spiro atoms. The first-order valence-electron chi connectivity index (χ1n) is 6.81. The standard InChI is InChI=1S/C17H18N2O2/c1-13(7-8-14-5-3-2-4-6-14)18-19-17(21)15-9-11-16(20)12-10-15/h2-6,9-12,20H,7-8H2,1H3,(H,19,21)/b18-13-. The van der Waals surface area contributed by atoms with E-state index >= 15 is 0 Å². The Morgan fingerprint density at radius 2 is 1.76 bits per heavy atom. The topological polar surface area (TPSA) is 61.7 Å². The minimum Gasteiger partial charge on any atom is -0.508 e. The number of nitrogens with zero attached hydrogens (tertiary/aromatic N) is 1. The van der Waals surface area contributed by atoms with Crippen LogP contribution >= 0.6 is 0 Å². The highest BCUT2D eigenvalue weighted by Crippen LogP contribution is 2.09. The Hall–Kier alpha value is -2.62. The molecule has 0 aromatic heterocycles. The Bertz CT molecular complexity index is 619. The summed E-state index contributed by atoms with van der Waals surface area (Å²) in [6.07, 6.45) is 1.69. The van der Waals surface area contributed by atoms with Gasteiger partial charge in [-0.2, -0.15) is 5.10 Å². The van der Waals surface area contributed by atoms with E-state index in [-0.39, 0.29) is 11.7 Å². The first kappa shape index (κ1) is 14.8. The summed E-state index contributed by atoms with van der Waals surface area (Å²) in [4.78, 5) is 11.8. The fraction of sp³-hybridized carbons (Fsp3) is 0.176. The predicted molar refractivity (Wildman–Crippen MR) is 83.4 cm³/mol. The molecule has 0 fully saturated rings. The number of amides is 1. The van der Waals surface area contributed by atoms with Gasteiger partial charge in [-0.25, -0.2) is 5.43 Å². The monoisotopic (exact) mass is 282 g/mol. The van der Waals surface area contributed by atoms with Gasteiger partial charge in [-0.1, -0.05) is 30.3 Å². The van der Waals surface area contributed by atoms with E-state index in [0.717, 1.165) is 18.6 Å². The third-order valence-corrected chi connectivity index (χ3v) is 3.10. The average Bonchev–Trinajstić information content (AvgIpc) is 2.52. The summed E-state index contributed by atoms with van der Waals surface area (Å²) < 4.78 is 0. The van der Waals surface area contributed by atoms with Crippen molar-refractivity contribution < 1.29 is 9.90 Å². The first-order valence-corrected chi connectivity index (χ1v) is 6.81. The minimum atomic E-state index is -0.283. The van der Waals surface area contributed by atoms with Gasteiger partial charge in [0.1, 0.15) is 5.75 Å². The van der Waals surface area contributed by atoms with Gasteiger partial charge < -0.3 is 5.11 Å². The van der Waals surface area contributed by atoms with Crippen LogP contribution in [0.3, 0.4) is 0 Å². The highest BCUT2D eigenvalue weighted by molar-refractivity contribution is 5.95. The number of hydrogen-bond donors (Lipinski definition) is 2. The van der Waals surface area contributed by atoms with Gasteiger partial charge in [0.15, 0.2) is 0 Å². The van der Waals surface area contributed by atoms with Crippen molar-refractivity contribution in [2.24, 2.45) is 5.10 Å². The van der Waals surface area contributed by atoms with Gasteiger partial charge in [0.2, 0.25) is 0 Å². The maximum absolute atomic E-state index is 11.8. The zero-order valence-electron chi connectivity index (χ0n) is 11.9. The molecule has 0 aliphatic carbocycles. The number of aromatic hydroxyl groups is 1. The van der Waals surface area contributed by atoms with E-state index in [9.17, 15) is 9.90 Å². The molecule has 0 atom stereocenters. The predicted octanol–water partition coefficient (Wildman–Crippen LogP) is 3.13. The summed E-state index contributed by atoms with van der Waals surface area (Å²) >= 11 is 0. The SMILES string of the molecule is C/C(CCc1ccccc1)=N/NC(=O)c1ccc(O)cc1. The third kappa shape index (κ3) is 4.76. The summed E-state index contributed by atoms with van der Waals surface area (Å²) in [7, 11) is 0. The van der Waals surface area contributed by atoms with Crippen LogP contribution in [0.1, 0.15) is 29.3 Å². The molecule has 2 aromatic carbocycles. The molecule has 4 nitrogen and oxygen atoms in total. The zero-order valence-corrected chi connectivity index (χ0v) is 11.9. The van der Waals surface area contributed by atoms with E-state index in [0.29, 0.717) is 5.56 Å². The Morgan fingerprint density at radius 3 is 2.43 bits per heavy atom. The molecule has 108 valence electrons. The molecule has 1 amide bonds. The number of benzene rings is 2. The maximum Gasteiger partial charge on any atom is 0.271 e. The number of carbonyl (C=O) groups excluding carboxylic acids is 1. The molecule has 0 bridgehead atoms. The van der Waals surface area contributed by atoms with Crippen molar-refractivity contribution in [3.8, 4) is 5.75 Å². The van der Waals surface area contributed by atoms with Crippen LogP contribution in [-0.2, 0) is 6.42 Å². The van der Waals surface area contributed by atoms with Gasteiger partial charge in [-0.05, 0) is 49.6 Å². The Morgan fingerprint density at radius 1 is 1.10 bits per heavy atom. The summed E-state index contributed by atoms with van der Waals surface area (Å²) in [5.74, 6) is -0.150. The fourth-order valence-electron chi connectivity index (χ4n) is 1.85. The van der Waals surface area contributed by atoms with Crippen LogP contribution in [-0.4, -0.2) is 16.7 Å². The van der Waals surface area contributed by atoms with E-state index in [1.807, 2.05) is 25.1 Å². The lowest BCUT2D eigenvalue weighted by atomic mass is 10.1. The summed E-state index contributed by atoms with van der Waals surface area (Å²) in [6.45, 7) is 1.89. The van der Waals surface area contributed by atoms with E-state index in [1.165, 1.54) is 17.7 Å². The summed E-state index contributed by atoms with van der Waals surface area (Å²) in [5.41, 5.74) is 5.10. The molecule has 0 unspecified atom stereocenters. The number of phenols is 1. The molecule has 4 heteroatoms. The number of aryl methyl sites for hydroxylation is 1. The lowest BCUT2D eigenvalue weighted by Gasteiger charge is -2.03. The lowest BCUT2D eigenvalue weighted by Crippen LogP contribution is -2.19. The van der Waals surface area contributed by atoms with Crippen molar-refractivity contribution in [2.45, 2.75) is 19.8 Å². The number of rotatable bonds is 5. The molecular weight excluding hydrogens is 264 g/mol. The molecule has 2 N–H and O–H groups in total. The molecule has 0 aliphatic heterocycles. The first-order chi connectivity index (χ1) is 10.1. The number of nitrogens with one attached hydrogen (secondary N) is 1. The van der Waals surface area contributed by atoms with Crippen LogP contribution in [0, 0.1) is 0 Å². The van der Waals surface area contributed by atoms with Gasteiger partial charge in [0.05, 0.1) is 0 Å². The average molecular weight is 282 g/mol. The van der Waals surface area contributed by atoms with Crippen LogP contribution < -0.4 is 5.43 Å². The highest BCUT2D eigenvalue weighted by atomic mass is 16.3. The zero-order chi connectivity index (χ0) is 15.1. The second kappa shape index (κ2) is 7.24. The third-order valence-electron chi connectivity index (χ3n) is 3.10. The molecule has 2 aromatic rings. The second-order valence-electron chi connectivity index (χ2n) is 4.82. The van der Waals surface area contributed by atoms with Crippen molar-refractivity contribution >= 4 is 11.6 Å². The van der Waals surface area contributed by atoms with Gasteiger partial charge in [-0.3, -0.25) is 4.79 Å². The van der Waals surface area contributed by atoms with Gasteiger partial charge in [0, 0.05) is 11.3 Å². The van der Waals surface area contributed by atoms with E-state index in [4.69, 9.17) is 0 Å². The highest BCUT2D eigenvalue weighted by Gasteiger charge is 2.04. The molecule has 2 rings (SSSR count). The Labute approximate surface area is 124 Å². The summed E-state index contributed by atoms with van der Waals surface area (Å²) in [5, 5.41) is 13.3. The number of carbonyl (C=O) groups is 1. The lowest BCUT2D eigenvalue weighted by molar-refractivity contribution is 0.0954. The van der Waals surface area contributed by atoms with Crippen LogP contribution in [0.2, 0.25) is 0 Å². The smallest absolute Gasteiger partial charge is 0.271 e. The van der Waals surface area contributed by atoms with Crippen molar-refractivity contribution in [1.82, 2.24) is 5.43 Å². The molecule has 0 heterocycles. The van der Waals surface area contributed by atoms with Gasteiger partial charge in [-0.15, -0.1) is 0 Å². The number of hydrogen-bond acceptors (Lipinski definition) is 3. The molecule has 0 saturated carbocycles. The molecule has 21 heavy (non-hydrogen) atoms. The van der Waals surface area contributed by atoms with Crippen LogP contribution in [0.5, 0.6) is 5.75 Å². The Balaban J connectivity index is 1.85. The fourth-order valence-corrected chi connectivity index (χ4v) is 1.85. The molecule has 0 saturated heterocycles. The second-order valence-corrected chi connectivity index (χ2v) is 4.82. The van der Waals surface area contributed by atoms with E-state index < -0.39 is 0 Å². The molecule has 0 radical (unpaired) electrons. The molecular formula is C17H18N2O2. The quantitative estimate of drug-likeness (QED) is 0.653. The Kier molecular flexibility index (Phi) is 5.10. The summed E-state index contributed by atoms with van der Waals surface area (Å²) in [6, 6.07) is 16.2. The van der Waals surface area contributed by atoms with Crippen LogP contribution in [0.4, 0.5) is 0 Å². The van der Waals surface area contributed by atoms with Crippen molar-refractivity contribution in [3.63, 3.8) is 0 Å². The van der Waals surface area contributed by atoms with Crippen LogP contribution in [0.15, 0.2) is 59.7 Å². The minimum absolute atomic E-state index is 0.133. The van der Waals surface area contributed by atoms with Gasteiger partial charge >= 0.3 is 0 Å². The van der Waals surface area contributed by atoms with Crippen LogP contribution in [0.25, 0.3) is 0 Å². The van der Waals surface area contributed by atoms with E-state index in [1.54, 1.807) is 12.1 Å². The normalized spacial score (nSPS) is 11.2.